The Kier molecular flexibility index (Phi) is 4.30. The van der Waals surface area contributed by atoms with Crippen molar-refractivity contribution in [2.45, 2.75) is 26.1 Å². The maximum Gasteiger partial charge on any atom is 0.416 e. The van der Waals surface area contributed by atoms with E-state index < -0.39 is 11.7 Å². The third kappa shape index (κ3) is 3.25. The zero-order valence-electron chi connectivity index (χ0n) is 15.2. The van der Waals surface area contributed by atoms with Crippen molar-refractivity contribution in [3.63, 3.8) is 0 Å². The maximum absolute atomic E-state index is 13.2. The molecule has 3 heterocycles. The van der Waals surface area contributed by atoms with Gasteiger partial charge in [-0.1, -0.05) is 0 Å². The van der Waals surface area contributed by atoms with Crippen LogP contribution < -0.4 is 0 Å². The van der Waals surface area contributed by atoms with Crippen LogP contribution in [0, 0.1) is 0 Å². The average molecular weight is 371 g/mol. The maximum atomic E-state index is 13.2. The van der Waals surface area contributed by atoms with Gasteiger partial charge in [0, 0.05) is 49.2 Å². The highest BCUT2D eigenvalue weighted by molar-refractivity contribution is 5.90. The van der Waals surface area contributed by atoms with Crippen LogP contribution in [0.3, 0.4) is 0 Å². The van der Waals surface area contributed by atoms with Crippen LogP contribution in [0.15, 0.2) is 42.7 Å². The van der Waals surface area contributed by atoms with Crippen molar-refractivity contribution in [1.82, 2.24) is 14.5 Å². The minimum absolute atomic E-state index is 0.599. The molecule has 0 saturated carbocycles. The minimum Gasteiger partial charge on any atom is -0.320 e. The molecule has 0 bridgehead atoms. The molecule has 27 heavy (non-hydrogen) atoms. The summed E-state index contributed by atoms with van der Waals surface area (Å²) in [4.78, 5) is 6.18. The molecule has 1 aliphatic rings. The van der Waals surface area contributed by atoms with Crippen molar-refractivity contribution >= 4 is 22.7 Å². The Labute approximate surface area is 155 Å². The lowest BCUT2D eigenvalue weighted by molar-refractivity contribution is -0.137. The van der Waals surface area contributed by atoms with Gasteiger partial charge in [0.2, 0.25) is 0 Å². The molecule has 1 aliphatic heterocycles. The number of nitrogens with zero attached hydrogens (tertiary/aromatic N) is 3. The molecule has 0 fully saturated rings. The zero-order valence-corrected chi connectivity index (χ0v) is 15.2. The molecule has 0 saturated heterocycles. The van der Waals surface area contributed by atoms with E-state index in [2.05, 4.69) is 14.5 Å². The van der Waals surface area contributed by atoms with Crippen LogP contribution in [-0.4, -0.2) is 28.0 Å². The summed E-state index contributed by atoms with van der Waals surface area (Å²) >= 11 is 0. The van der Waals surface area contributed by atoms with Gasteiger partial charge in [-0.3, -0.25) is 4.98 Å². The summed E-state index contributed by atoms with van der Waals surface area (Å²) in [5, 5.41) is 0.685. The highest BCUT2D eigenvalue weighted by Gasteiger charge is 2.32. The van der Waals surface area contributed by atoms with Crippen LogP contribution in [0.4, 0.5) is 13.2 Å². The van der Waals surface area contributed by atoms with Crippen molar-refractivity contribution in [2.24, 2.45) is 0 Å². The molecule has 3 aromatic rings. The summed E-state index contributed by atoms with van der Waals surface area (Å²) in [5.74, 6) is 0. The molecule has 0 N–H and O–H groups in total. The molecular weight excluding hydrogens is 351 g/mol. The minimum atomic E-state index is -4.34. The van der Waals surface area contributed by atoms with Crippen LogP contribution in [0.2, 0.25) is 0 Å². The topological polar surface area (TPSA) is 21.1 Å². The Morgan fingerprint density at radius 3 is 2.59 bits per heavy atom. The summed E-state index contributed by atoms with van der Waals surface area (Å²) in [7, 11) is 2.00. The van der Waals surface area contributed by atoms with E-state index in [1.54, 1.807) is 18.5 Å². The molecule has 1 aromatic carbocycles. The van der Waals surface area contributed by atoms with E-state index in [1.807, 2.05) is 32.3 Å². The smallest absolute Gasteiger partial charge is 0.320 e. The number of fused-ring (bicyclic) bond motifs is 3. The molecule has 0 atom stereocenters. The Bertz CT molecular complexity index is 1020. The highest BCUT2D eigenvalue weighted by atomic mass is 19.4. The summed E-state index contributed by atoms with van der Waals surface area (Å²) in [6.07, 6.45) is 1.96. The van der Waals surface area contributed by atoms with Gasteiger partial charge in [-0.2, -0.15) is 13.2 Å². The fourth-order valence-corrected chi connectivity index (χ4v) is 3.73. The zero-order chi connectivity index (χ0) is 19.2. The fourth-order valence-electron chi connectivity index (χ4n) is 3.73. The molecule has 0 radical (unpaired) electrons. The number of alkyl halides is 3. The van der Waals surface area contributed by atoms with Gasteiger partial charge in [-0.15, -0.1) is 0 Å². The average Bonchev–Trinajstić information content (AvgIpc) is 2.94. The lowest BCUT2D eigenvalue weighted by Gasteiger charge is -2.23. The molecule has 0 spiro atoms. The van der Waals surface area contributed by atoms with E-state index in [0.29, 0.717) is 11.9 Å². The van der Waals surface area contributed by atoms with Crippen molar-refractivity contribution in [1.29, 1.82) is 0 Å². The normalized spacial score (nSPS) is 16.0. The largest absolute Gasteiger partial charge is 0.416 e. The predicted molar refractivity (Wildman–Crippen MR) is 101 cm³/mol. The summed E-state index contributed by atoms with van der Waals surface area (Å²) in [6, 6.07) is 7.91. The molecule has 0 amide bonds. The van der Waals surface area contributed by atoms with E-state index in [1.165, 1.54) is 12.1 Å². The number of allylic oxidation sites excluding steroid dienone is 1. The second-order valence-corrected chi connectivity index (χ2v) is 7.06. The van der Waals surface area contributed by atoms with Crippen molar-refractivity contribution in [3.8, 4) is 0 Å². The Morgan fingerprint density at radius 2 is 1.89 bits per heavy atom. The van der Waals surface area contributed by atoms with E-state index in [9.17, 15) is 13.2 Å². The SMILES string of the molecule is C/C(=C/n1c2c(c3cc(C(F)(F)F)ccc31)CN(C)CC2)c1ccncc1. The lowest BCUT2D eigenvalue weighted by atomic mass is 10.0. The monoisotopic (exact) mass is 371 g/mol. The second-order valence-electron chi connectivity index (χ2n) is 7.06. The number of hydrogen-bond donors (Lipinski definition) is 0. The van der Waals surface area contributed by atoms with Gasteiger partial charge in [-0.25, -0.2) is 0 Å². The fraction of sp³-hybridized carbons (Fsp3) is 0.286. The quantitative estimate of drug-likeness (QED) is 0.628. The Hall–Kier alpha value is -2.60. The van der Waals surface area contributed by atoms with E-state index in [0.717, 1.165) is 40.9 Å². The molecule has 3 nitrogen and oxygen atoms in total. The van der Waals surface area contributed by atoms with Gasteiger partial charge in [-0.05, 0) is 61.0 Å². The molecule has 0 aliphatic carbocycles. The van der Waals surface area contributed by atoms with Gasteiger partial charge in [0.25, 0.3) is 0 Å². The van der Waals surface area contributed by atoms with Gasteiger partial charge < -0.3 is 9.47 Å². The van der Waals surface area contributed by atoms with Gasteiger partial charge in [0.15, 0.2) is 0 Å². The first-order valence-corrected chi connectivity index (χ1v) is 8.85. The molecule has 6 heteroatoms. The van der Waals surface area contributed by atoms with Crippen molar-refractivity contribution < 1.29 is 13.2 Å². The van der Waals surface area contributed by atoms with Gasteiger partial charge in [0.1, 0.15) is 0 Å². The number of hydrogen-bond acceptors (Lipinski definition) is 2. The molecule has 140 valence electrons. The van der Waals surface area contributed by atoms with Crippen LogP contribution in [-0.2, 0) is 19.1 Å². The van der Waals surface area contributed by atoms with E-state index in [4.69, 9.17) is 0 Å². The number of rotatable bonds is 2. The Balaban J connectivity index is 1.93. The summed E-state index contributed by atoms with van der Waals surface area (Å²) in [6.45, 7) is 3.55. The summed E-state index contributed by atoms with van der Waals surface area (Å²) in [5.41, 5.74) is 4.38. The van der Waals surface area contributed by atoms with Crippen LogP contribution in [0.5, 0.6) is 0 Å². The summed E-state index contributed by atoms with van der Waals surface area (Å²) < 4.78 is 41.7. The van der Waals surface area contributed by atoms with Crippen molar-refractivity contribution in [2.75, 3.05) is 13.6 Å². The first-order chi connectivity index (χ1) is 12.8. The first kappa shape index (κ1) is 17.8. The number of aromatic nitrogens is 2. The van der Waals surface area contributed by atoms with E-state index >= 15 is 0 Å². The first-order valence-electron chi connectivity index (χ1n) is 8.85. The molecule has 0 unspecified atom stereocenters. The van der Waals surface area contributed by atoms with Gasteiger partial charge >= 0.3 is 6.18 Å². The number of pyridine rings is 1. The van der Waals surface area contributed by atoms with Crippen LogP contribution >= 0.6 is 0 Å². The standard InChI is InChI=1S/C21H20F3N3/c1-14(15-5-8-25-9-6-15)12-27-19-4-3-16(21(22,23)24)11-17(19)18-13-26(2)10-7-20(18)27/h3-6,8-9,11-12H,7,10,13H2,1-2H3/b14-12-. The lowest BCUT2D eigenvalue weighted by Crippen LogP contribution is -2.26. The van der Waals surface area contributed by atoms with E-state index in [-0.39, 0.29) is 0 Å². The molecule has 2 aromatic heterocycles. The number of benzene rings is 1. The number of likely N-dealkylation sites (N-methyl/N-ethyl adjacent to an activating group) is 1. The predicted octanol–water partition coefficient (Wildman–Crippen LogP) is 5.06. The number of halogens is 3. The van der Waals surface area contributed by atoms with Crippen molar-refractivity contribution in [3.05, 3.63) is 65.1 Å². The third-order valence-corrected chi connectivity index (χ3v) is 5.16. The van der Waals surface area contributed by atoms with Gasteiger partial charge in [0.05, 0.1) is 11.1 Å². The van der Waals surface area contributed by atoms with Crippen LogP contribution in [0.1, 0.15) is 29.3 Å². The second kappa shape index (κ2) is 6.53. The molecule has 4 rings (SSSR count). The van der Waals surface area contributed by atoms with Crippen LogP contribution in [0.25, 0.3) is 22.7 Å². The highest BCUT2D eigenvalue weighted by Crippen LogP contribution is 2.37. The third-order valence-electron chi connectivity index (χ3n) is 5.16. The molecular formula is C21H20F3N3. The Morgan fingerprint density at radius 1 is 1.15 bits per heavy atom.